The van der Waals surface area contributed by atoms with Gasteiger partial charge in [-0.15, -0.1) is 5.10 Å². The Bertz CT molecular complexity index is 965. The predicted molar refractivity (Wildman–Crippen MR) is 125 cm³/mol. The van der Waals surface area contributed by atoms with Gasteiger partial charge in [0.25, 0.3) is 0 Å². The van der Waals surface area contributed by atoms with Gasteiger partial charge in [-0.1, -0.05) is 24.3 Å². The van der Waals surface area contributed by atoms with Gasteiger partial charge in [-0.3, -0.25) is 9.69 Å². The first-order chi connectivity index (χ1) is 16.3. The van der Waals surface area contributed by atoms with Gasteiger partial charge in [0.05, 0.1) is 42.8 Å². The summed E-state index contributed by atoms with van der Waals surface area (Å²) < 4.78 is 8.12. The maximum absolute atomic E-state index is 13.0. The second kappa shape index (κ2) is 12.0. The lowest BCUT2D eigenvalue weighted by Crippen LogP contribution is -2.47. The number of nitrogens with zero attached hydrogens (tertiary/aromatic N) is 5. The summed E-state index contributed by atoms with van der Waals surface area (Å²) in [4.78, 5) is 28.1. The van der Waals surface area contributed by atoms with Crippen molar-refractivity contribution < 1.29 is 24.5 Å². The highest BCUT2D eigenvalue weighted by molar-refractivity contribution is 5.87. The molecule has 1 aliphatic heterocycles. The van der Waals surface area contributed by atoms with Gasteiger partial charge < -0.3 is 19.8 Å². The summed E-state index contributed by atoms with van der Waals surface area (Å²) in [5.74, 6) is -0.948. The number of carbonyl (C=O) groups excluding carboxylic acids is 1. The Labute approximate surface area is 200 Å². The smallest absolute Gasteiger partial charge is 0.335 e. The number of ether oxygens (including phenoxy) is 1. The number of aliphatic hydroxyl groups is 1. The number of fused-ring (bicyclic) bond motifs is 1. The van der Waals surface area contributed by atoms with Crippen molar-refractivity contribution in [3.63, 3.8) is 0 Å². The number of carboxylic acid groups (broad SMARTS) is 1. The zero-order valence-electron chi connectivity index (χ0n) is 20.1. The van der Waals surface area contributed by atoms with Gasteiger partial charge in [0.1, 0.15) is 0 Å². The van der Waals surface area contributed by atoms with Gasteiger partial charge in [0.2, 0.25) is 5.91 Å². The number of aromatic nitrogens is 3. The number of amides is 1. The van der Waals surface area contributed by atoms with E-state index in [1.165, 1.54) is 0 Å². The van der Waals surface area contributed by atoms with Crippen LogP contribution in [0.2, 0.25) is 0 Å². The van der Waals surface area contributed by atoms with Gasteiger partial charge in [0.15, 0.2) is 0 Å². The molecule has 1 aromatic heterocycles. The van der Waals surface area contributed by atoms with Crippen LogP contribution in [-0.2, 0) is 29.2 Å². The quantitative estimate of drug-likeness (QED) is 0.623. The summed E-state index contributed by atoms with van der Waals surface area (Å²) in [6.07, 6.45) is 2.49. The number of aliphatic hydroxyl groups excluding tert-OH is 1. The number of rotatable bonds is 7. The Morgan fingerprint density at radius 2 is 2.18 bits per heavy atom. The number of aromatic carboxylic acids is 1. The van der Waals surface area contributed by atoms with Crippen LogP contribution in [0, 0.1) is 5.92 Å². The third-order valence-corrected chi connectivity index (χ3v) is 6.26. The molecule has 0 radical (unpaired) electrons. The first-order valence-electron chi connectivity index (χ1n) is 11.7. The topological polar surface area (TPSA) is 121 Å². The van der Waals surface area contributed by atoms with Crippen LogP contribution < -0.4 is 0 Å². The molecule has 0 fully saturated rings. The molecule has 3 atom stereocenters. The van der Waals surface area contributed by atoms with E-state index < -0.39 is 5.97 Å². The van der Waals surface area contributed by atoms with Crippen LogP contribution >= 0.6 is 0 Å². The summed E-state index contributed by atoms with van der Waals surface area (Å²) in [5, 5.41) is 27.1. The van der Waals surface area contributed by atoms with Crippen molar-refractivity contribution in [2.24, 2.45) is 5.92 Å². The van der Waals surface area contributed by atoms with Gasteiger partial charge in [-0.2, -0.15) is 0 Å². The first-order valence-corrected chi connectivity index (χ1v) is 11.7. The second-order valence-corrected chi connectivity index (χ2v) is 9.16. The summed E-state index contributed by atoms with van der Waals surface area (Å²) >= 11 is 0. The Hall–Kier alpha value is -2.82. The number of likely N-dealkylation sites (N-methyl/N-ethyl adjacent to an activating group) is 1. The average molecular weight is 474 g/mol. The average Bonchev–Trinajstić information content (AvgIpc) is 3.26. The number of carbonyl (C=O) groups is 2. The van der Waals surface area contributed by atoms with E-state index in [1.807, 2.05) is 20.0 Å². The van der Waals surface area contributed by atoms with E-state index in [0.717, 1.165) is 11.3 Å². The summed E-state index contributed by atoms with van der Waals surface area (Å²) in [6.45, 7) is 6.35. The van der Waals surface area contributed by atoms with E-state index in [-0.39, 0.29) is 36.1 Å². The standard InChI is InChI=1S/C24H35N5O5/c1-17-12-28(18(2)15-30)23(31)8-5-9-29-21(11-25-26-29)16-34-22(17)14-27(3)13-19-6-4-7-20(10-19)24(32)33/h4,6-7,10-11,17-18,22,30H,5,8-9,12-16H2,1-3H3,(H,32,33)/t17-,18-,22-/m0/s1. The lowest BCUT2D eigenvalue weighted by molar-refractivity contribution is -0.136. The number of aryl methyl sites for hydroxylation is 1. The molecule has 2 N–H and O–H groups in total. The van der Waals surface area contributed by atoms with E-state index in [4.69, 9.17) is 4.74 Å². The minimum absolute atomic E-state index is 0.00508. The van der Waals surface area contributed by atoms with Crippen molar-refractivity contribution in [1.29, 1.82) is 0 Å². The minimum Gasteiger partial charge on any atom is -0.478 e. The van der Waals surface area contributed by atoms with Gasteiger partial charge >= 0.3 is 5.97 Å². The van der Waals surface area contributed by atoms with Crippen LogP contribution in [0.1, 0.15) is 48.3 Å². The van der Waals surface area contributed by atoms with E-state index in [0.29, 0.717) is 45.6 Å². The van der Waals surface area contributed by atoms with Crippen LogP contribution in [0.25, 0.3) is 0 Å². The number of carboxylic acids is 1. The molecule has 1 aliphatic rings. The van der Waals surface area contributed by atoms with Crippen LogP contribution in [0.15, 0.2) is 30.5 Å². The van der Waals surface area contributed by atoms with Crippen LogP contribution in [0.5, 0.6) is 0 Å². The molecule has 1 aromatic carbocycles. The Kier molecular flexibility index (Phi) is 9.14. The number of hydrogen-bond acceptors (Lipinski definition) is 7. The lowest BCUT2D eigenvalue weighted by Gasteiger charge is -2.35. The highest BCUT2D eigenvalue weighted by Crippen LogP contribution is 2.19. The molecule has 0 aliphatic carbocycles. The summed E-state index contributed by atoms with van der Waals surface area (Å²) in [5.41, 5.74) is 2.02. The Morgan fingerprint density at radius 1 is 1.38 bits per heavy atom. The van der Waals surface area contributed by atoms with Crippen molar-refractivity contribution in [1.82, 2.24) is 24.8 Å². The predicted octanol–water partition coefficient (Wildman–Crippen LogP) is 1.63. The zero-order valence-corrected chi connectivity index (χ0v) is 20.1. The Morgan fingerprint density at radius 3 is 2.91 bits per heavy atom. The largest absolute Gasteiger partial charge is 0.478 e. The fourth-order valence-electron chi connectivity index (χ4n) is 4.23. The molecule has 2 aromatic rings. The molecule has 10 nitrogen and oxygen atoms in total. The summed E-state index contributed by atoms with van der Waals surface area (Å²) in [7, 11) is 1.96. The maximum atomic E-state index is 13.0. The molecular formula is C24H35N5O5. The first kappa shape index (κ1) is 25.8. The van der Waals surface area contributed by atoms with Gasteiger partial charge in [-0.05, 0) is 38.1 Å². The third-order valence-electron chi connectivity index (χ3n) is 6.26. The van der Waals surface area contributed by atoms with E-state index in [9.17, 15) is 19.8 Å². The zero-order chi connectivity index (χ0) is 24.7. The fraction of sp³-hybridized carbons (Fsp3) is 0.583. The van der Waals surface area contributed by atoms with Crippen molar-refractivity contribution in [2.45, 2.75) is 58.5 Å². The molecule has 2 heterocycles. The molecule has 3 rings (SSSR count). The molecule has 34 heavy (non-hydrogen) atoms. The highest BCUT2D eigenvalue weighted by atomic mass is 16.5. The fourth-order valence-corrected chi connectivity index (χ4v) is 4.23. The van der Waals surface area contributed by atoms with E-state index in [1.54, 1.807) is 34.0 Å². The molecule has 0 saturated carbocycles. The van der Waals surface area contributed by atoms with Crippen molar-refractivity contribution in [3.8, 4) is 0 Å². The van der Waals surface area contributed by atoms with Crippen molar-refractivity contribution in [2.75, 3.05) is 26.7 Å². The monoisotopic (exact) mass is 473 g/mol. The lowest BCUT2D eigenvalue weighted by atomic mass is 10.0. The summed E-state index contributed by atoms with van der Waals surface area (Å²) in [6, 6.07) is 6.63. The van der Waals surface area contributed by atoms with Gasteiger partial charge in [0, 0.05) is 38.5 Å². The second-order valence-electron chi connectivity index (χ2n) is 9.16. The van der Waals surface area contributed by atoms with Crippen LogP contribution in [0.3, 0.4) is 0 Å². The number of hydrogen-bond donors (Lipinski definition) is 2. The Balaban J connectivity index is 1.77. The molecule has 0 bridgehead atoms. The molecule has 0 unspecified atom stereocenters. The molecule has 1 amide bonds. The van der Waals surface area contributed by atoms with E-state index >= 15 is 0 Å². The molecular weight excluding hydrogens is 438 g/mol. The normalized spacial score (nSPS) is 21.0. The van der Waals surface area contributed by atoms with Crippen LogP contribution in [-0.4, -0.2) is 85.8 Å². The molecule has 186 valence electrons. The highest BCUT2D eigenvalue weighted by Gasteiger charge is 2.28. The van der Waals surface area contributed by atoms with Gasteiger partial charge in [-0.25, -0.2) is 9.48 Å². The SMILES string of the molecule is C[C@H]1CN([C@@H](C)CO)C(=O)CCCn2nncc2CO[C@H]1CN(C)Cc1cccc(C(=O)O)c1. The van der Waals surface area contributed by atoms with Crippen molar-refractivity contribution in [3.05, 3.63) is 47.3 Å². The van der Waals surface area contributed by atoms with E-state index in [2.05, 4.69) is 22.1 Å². The number of benzene rings is 1. The maximum Gasteiger partial charge on any atom is 0.335 e. The third kappa shape index (κ3) is 6.85. The molecule has 0 spiro atoms. The molecule has 10 heteroatoms. The minimum atomic E-state index is -0.950. The van der Waals surface area contributed by atoms with Crippen molar-refractivity contribution >= 4 is 11.9 Å². The van der Waals surface area contributed by atoms with Crippen LogP contribution in [0.4, 0.5) is 0 Å². The molecule has 0 saturated heterocycles.